The van der Waals surface area contributed by atoms with Crippen LogP contribution in [0.4, 0.5) is 13.2 Å². The van der Waals surface area contributed by atoms with Crippen molar-refractivity contribution < 1.29 is 17.9 Å². The zero-order chi connectivity index (χ0) is 27.4. The van der Waals surface area contributed by atoms with Crippen LogP contribution in [-0.2, 0) is 0 Å². The van der Waals surface area contributed by atoms with Crippen molar-refractivity contribution in [2.75, 3.05) is 6.61 Å². The van der Waals surface area contributed by atoms with E-state index < -0.39 is 11.6 Å². The van der Waals surface area contributed by atoms with Crippen molar-refractivity contribution in [3.05, 3.63) is 95.8 Å². The molecular formula is C35H37F3O. The van der Waals surface area contributed by atoms with Gasteiger partial charge in [-0.3, -0.25) is 0 Å². The zero-order valence-corrected chi connectivity index (χ0v) is 22.9. The summed E-state index contributed by atoms with van der Waals surface area (Å²) < 4.78 is 49.4. The van der Waals surface area contributed by atoms with E-state index in [0.717, 1.165) is 53.7 Å². The van der Waals surface area contributed by atoms with Gasteiger partial charge in [-0.05, 0) is 117 Å². The van der Waals surface area contributed by atoms with E-state index in [2.05, 4.69) is 25.2 Å². The van der Waals surface area contributed by atoms with Crippen molar-refractivity contribution >= 4 is 5.57 Å². The SMILES string of the molecule is C/C=C/C1CCC(C2CC=C(c3ccc(-c4ccc(-c5ccc(OCC)c(F)c5F)cc4)cc3F)CC2)CC1. The van der Waals surface area contributed by atoms with E-state index in [4.69, 9.17) is 4.74 Å². The Bertz CT molecular complexity index is 1350. The fourth-order valence-corrected chi connectivity index (χ4v) is 6.43. The maximum absolute atomic E-state index is 15.3. The molecule has 0 aliphatic heterocycles. The molecular weight excluding hydrogens is 493 g/mol. The predicted octanol–water partition coefficient (Wildman–Crippen LogP) is 10.4. The fourth-order valence-electron chi connectivity index (χ4n) is 6.43. The lowest BCUT2D eigenvalue weighted by molar-refractivity contribution is 0.212. The van der Waals surface area contributed by atoms with Crippen LogP contribution in [0.5, 0.6) is 5.75 Å². The molecule has 0 bridgehead atoms. The topological polar surface area (TPSA) is 9.23 Å². The van der Waals surface area contributed by atoms with Gasteiger partial charge in [-0.25, -0.2) is 8.78 Å². The number of allylic oxidation sites excluding steroid dienone is 4. The lowest BCUT2D eigenvalue weighted by Gasteiger charge is -2.35. The van der Waals surface area contributed by atoms with Crippen molar-refractivity contribution in [2.45, 2.75) is 58.8 Å². The van der Waals surface area contributed by atoms with Crippen molar-refractivity contribution in [1.82, 2.24) is 0 Å². The number of ether oxygens (including phenoxy) is 1. The van der Waals surface area contributed by atoms with Gasteiger partial charge in [0, 0.05) is 11.1 Å². The molecule has 0 saturated heterocycles. The van der Waals surface area contributed by atoms with Gasteiger partial charge in [-0.15, -0.1) is 0 Å². The second kappa shape index (κ2) is 12.3. The molecule has 0 amide bonds. The third-order valence-electron chi connectivity index (χ3n) is 8.59. The van der Waals surface area contributed by atoms with Gasteiger partial charge in [-0.2, -0.15) is 4.39 Å². The van der Waals surface area contributed by atoms with Crippen molar-refractivity contribution in [2.24, 2.45) is 17.8 Å². The molecule has 1 saturated carbocycles. The van der Waals surface area contributed by atoms with E-state index in [1.54, 1.807) is 25.1 Å². The highest BCUT2D eigenvalue weighted by molar-refractivity contribution is 5.74. The van der Waals surface area contributed by atoms with E-state index >= 15 is 4.39 Å². The average Bonchev–Trinajstić information content (AvgIpc) is 2.97. The molecule has 2 aliphatic rings. The molecule has 1 unspecified atom stereocenters. The minimum atomic E-state index is -0.990. The first-order valence-corrected chi connectivity index (χ1v) is 14.3. The third-order valence-corrected chi connectivity index (χ3v) is 8.59. The van der Waals surface area contributed by atoms with Gasteiger partial charge in [0.1, 0.15) is 5.82 Å². The molecule has 0 radical (unpaired) electrons. The van der Waals surface area contributed by atoms with E-state index in [-0.39, 0.29) is 23.7 Å². The van der Waals surface area contributed by atoms with Crippen LogP contribution < -0.4 is 4.74 Å². The Balaban J connectivity index is 1.26. The highest BCUT2D eigenvalue weighted by Crippen LogP contribution is 2.42. The number of benzene rings is 3. The average molecular weight is 531 g/mol. The molecule has 1 atom stereocenters. The van der Waals surface area contributed by atoms with Crippen LogP contribution >= 0.6 is 0 Å². The Hall–Kier alpha value is -3.27. The van der Waals surface area contributed by atoms with Crippen LogP contribution in [0.1, 0.15) is 64.4 Å². The van der Waals surface area contributed by atoms with E-state index in [9.17, 15) is 8.78 Å². The maximum atomic E-state index is 15.3. The van der Waals surface area contributed by atoms with E-state index in [1.165, 1.54) is 37.8 Å². The van der Waals surface area contributed by atoms with Gasteiger partial charge >= 0.3 is 0 Å². The molecule has 1 fully saturated rings. The fraction of sp³-hybridized carbons (Fsp3) is 0.371. The highest BCUT2D eigenvalue weighted by atomic mass is 19.2. The maximum Gasteiger partial charge on any atom is 0.201 e. The molecule has 0 spiro atoms. The first-order valence-electron chi connectivity index (χ1n) is 14.3. The number of hydrogen-bond acceptors (Lipinski definition) is 1. The van der Waals surface area contributed by atoms with Crippen LogP contribution in [0.2, 0.25) is 0 Å². The summed E-state index contributed by atoms with van der Waals surface area (Å²) in [5.41, 5.74) is 4.10. The monoisotopic (exact) mass is 530 g/mol. The summed E-state index contributed by atoms with van der Waals surface area (Å²) in [4.78, 5) is 0. The lowest BCUT2D eigenvalue weighted by Crippen LogP contribution is -2.22. The van der Waals surface area contributed by atoms with Crippen molar-refractivity contribution in [1.29, 1.82) is 0 Å². The quantitative estimate of drug-likeness (QED) is 0.276. The molecule has 3 aromatic carbocycles. The Morgan fingerprint density at radius 2 is 1.46 bits per heavy atom. The molecule has 2 aliphatic carbocycles. The first-order chi connectivity index (χ1) is 19.0. The standard InChI is InChI=1S/C35H37F3O/c1-3-5-23-6-8-24(9-7-23)25-10-14-27(15-11-25)30-19-18-29(22-32(30)36)26-12-16-28(17-13-26)31-20-21-33(39-4-2)35(38)34(31)37/h3,5,12-14,16-25H,4,6-11,15H2,1-2H3/b5-3+. The Morgan fingerprint density at radius 3 is 2.10 bits per heavy atom. The van der Waals surface area contributed by atoms with Crippen LogP contribution in [0, 0.1) is 35.2 Å². The second-order valence-corrected chi connectivity index (χ2v) is 10.9. The second-order valence-electron chi connectivity index (χ2n) is 10.9. The molecule has 5 rings (SSSR count). The number of rotatable bonds is 7. The van der Waals surface area contributed by atoms with Gasteiger partial charge in [0.15, 0.2) is 11.6 Å². The summed E-state index contributed by atoms with van der Waals surface area (Å²) in [7, 11) is 0. The molecule has 0 aromatic heterocycles. The van der Waals surface area contributed by atoms with Crippen LogP contribution in [-0.4, -0.2) is 6.61 Å². The smallest absolute Gasteiger partial charge is 0.201 e. The first kappa shape index (κ1) is 27.3. The lowest BCUT2D eigenvalue weighted by atomic mass is 9.71. The van der Waals surface area contributed by atoms with Crippen molar-refractivity contribution in [3.8, 4) is 28.0 Å². The Labute approximate surface area is 230 Å². The van der Waals surface area contributed by atoms with Gasteiger partial charge in [0.25, 0.3) is 0 Å². The molecule has 1 nitrogen and oxygen atoms in total. The summed E-state index contributed by atoms with van der Waals surface area (Å²) in [5, 5.41) is 0. The summed E-state index contributed by atoms with van der Waals surface area (Å²) in [6, 6.07) is 15.5. The summed E-state index contributed by atoms with van der Waals surface area (Å²) >= 11 is 0. The normalized spacial score (nSPS) is 21.7. The van der Waals surface area contributed by atoms with E-state index in [1.807, 2.05) is 24.3 Å². The predicted molar refractivity (Wildman–Crippen MR) is 154 cm³/mol. The molecule has 0 N–H and O–H groups in total. The van der Waals surface area contributed by atoms with Crippen LogP contribution in [0.3, 0.4) is 0 Å². The summed E-state index contributed by atoms with van der Waals surface area (Å²) in [5.74, 6) is 0.0298. The van der Waals surface area contributed by atoms with Gasteiger partial charge in [0.05, 0.1) is 6.61 Å². The van der Waals surface area contributed by atoms with Crippen LogP contribution in [0.25, 0.3) is 27.8 Å². The van der Waals surface area contributed by atoms with Gasteiger partial charge in [-0.1, -0.05) is 54.6 Å². The largest absolute Gasteiger partial charge is 0.491 e. The number of hydrogen-bond donors (Lipinski definition) is 0. The molecule has 3 aromatic rings. The van der Waals surface area contributed by atoms with Gasteiger partial charge < -0.3 is 4.74 Å². The summed E-state index contributed by atoms with van der Waals surface area (Å²) in [6.07, 6.45) is 15.1. The molecule has 204 valence electrons. The van der Waals surface area contributed by atoms with Gasteiger partial charge in [0.2, 0.25) is 5.82 Å². The molecule has 0 heterocycles. The summed E-state index contributed by atoms with van der Waals surface area (Å²) in [6.45, 7) is 4.09. The Kier molecular flexibility index (Phi) is 8.60. The zero-order valence-electron chi connectivity index (χ0n) is 22.9. The van der Waals surface area contributed by atoms with Crippen molar-refractivity contribution in [3.63, 3.8) is 0 Å². The van der Waals surface area contributed by atoms with E-state index in [0.29, 0.717) is 11.1 Å². The highest BCUT2D eigenvalue weighted by Gasteiger charge is 2.28. The Morgan fingerprint density at radius 1 is 0.769 bits per heavy atom. The molecule has 4 heteroatoms. The molecule has 39 heavy (non-hydrogen) atoms. The minimum Gasteiger partial charge on any atom is -0.491 e. The third kappa shape index (κ3) is 6.00. The van der Waals surface area contributed by atoms with Crippen LogP contribution in [0.15, 0.2) is 72.8 Å². The number of halogens is 3. The minimum absolute atomic E-state index is 0.0956.